The second-order valence-electron chi connectivity index (χ2n) is 4.68. The highest BCUT2D eigenvalue weighted by molar-refractivity contribution is 7.80. The molecule has 1 aliphatic rings. The van der Waals surface area contributed by atoms with E-state index in [2.05, 4.69) is 0 Å². The largest absolute Gasteiger partial charge is 0.388 e. The first-order chi connectivity index (χ1) is 8.68. The number of likely N-dealkylation sites (tertiary alicyclic amines) is 1. The van der Waals surface area contributed by atoms with Gasteiger partial charge < -0.3 is 15.2 Å². The number of hydrogen-bond acceptors (Lipinski definition) is 2. The highest BCUT2D eigenvalue weighted by atomic mass is 32.1. The van der Waals surface area contributed by atoms with Gasteiger partial charge in [-0.2, -0.15) is 0 Å². The zero-order valence-corrected chi connectivity index (χ0v) is 11.3. The summed E-state index contributed by atoms with van der Waals surface area (Å²) >= 11 is 4.97. The van der Waals surface area contributed by atoms with Gasteiger partial charge in [-0.05, 0) is 25.0 Å². The van der Waals surface area contributed by atoms with Crippen LogP contribution in [0.25, 0.3) is 0 Å². The fraction of sp³-hybridized carbons (Fsp3) is 0.538. The summed E-state index contributed by atoms with van der Waals surface area (Å²) in [6, 6.07) is 3.71. The summed E-state index contributed by atoms with van der Waals surface area (Å²) < 4.78 is 1.83. The molecule has 1 saturated heterocycles. The van der Waals surface area contributed by atoms with Gasteiger partial charge in [0.15, 0.2) is 0 Å². The van der Waals surface area contributed by atoms with Gasteiger partial charge in [-0.1, -0.05) is 25.1 Å². The fourth-order valence-corrected chi connectivity index (χ4v) is 2.53. The van der Waals surface area contributed by atoms with E-state index in [0.717, 1.165) is 31.6 Å². The lowest BCUT2D eigenvalue weighted by atomic mass is 10.2. The molecule has 2 heterocycles. The molecule has 0 bridgehead atoms. The molecule has 4 nitrogen and oxygen atoms in total. The molecule has 0 atom stereocenters. The predicted octanol–water partition coefficient (Wildman–Crippen LogP) is 1.52. The molecule has 0 spiro atoms. The molecule has 0 aliphatic carbocycles. The molecule has 0 saturated carbocycles. The minimum absolute atomic E-state index is 0.158. The third-order valence-corrected chi connectivity index (χ3v) is 3.56. The van der Waals surface area contributed by atoms with E-state index in [4.69, 9.17) is 18.0 Å². The average Bonchev–Trinajstić information content (AvgIpc) is 2.63. The van der Waals surface area contributed by atoms with E-state index in [1.54, 1.807) is 0 Å². The smallest absolute Gasteiger partial charge is 0.242 e. The Morgan fingerprint density at radius 1 is 1.28 bits per heavy atom. The lowest BCUT2D eigenvalue weighted by Gasteiger charge is -2.21. The molecule has 1 aromatic heterocycles. The topological polar surface area (TPSA) is 51.3 Å². The van der Waals surface area contributed by atoms with Gasteiger partial charge >= 0.3 is 0 Å². The van der Waals surface area contributed by atoms with Gasteiger partial charge in [0.2, 0.25) is 5.91 Å². The van der Waals surface area contributed by atoms with Crippen LogP contribution in [0.15, 0.2) is 18.3 Å². The number of carbonyl (C=O) groups is 1. The van der Waals surface area contributed by atoms with Crippen molar-refractivity contribution in [1.29, 1.82) is 0 Å². The number of rotatable bonds is 3. The van der Waals surface area contributed by atoms with Gasteiger partial charge in [-0.25, -0.2) is 0 Å². The second kappa shape index (κ2) is 6.00. The molecule has 1 aromatic rings. The van der Waals surface area contributed by atoms with Crippen molar-refractivity contribution in [2.45, 2.75) is 32.2 Å². The van der Waals surface area contributed by atoms with Crippen LogP contribution in [-0.4, -0.2) is 33.5 Å². The molecule has 1 aliphatic heterocycles. The fourth-order valence-electron chi connectivity index (χ4n) is 2.34. The number of aromatic nitrogens is 1. The van der Waals surface area contributed by atoms with Crippen molar-refractivity contribution < 1.29 is 4.79 Å². The Hall–Kier alpha value is -1.36. The summed E-state index contributed by atoms with van der Waals surface area (Å²) in [5.41, 5.74) is 6.38. The van der Waals surface area contributed by atoms with Crippen LogP contribution in [0.1, 0.15) is 31.4 Å². The minimum atomic E-state index is 0.158. The molecule has 0 unspecified atom stereocenters. The van der Waals surface area contributed by atoms with E-state index in [-0.39, 0.29) is 5.91 Å². The SMILES string of the molecule is NC(=S)c1cccn1CC(=O)N1CCCCCC1. The maximum atomic E-state index is 12.2. The van der Waals surface area contributed by atoms with Gasteiger partial charge in [0.1, 0.15) is 11.5 Å². The van der Waals surface area contributed by atoms with Crippen molar-refractivity contribution >= 4 is 23.1 Å². The van der Waals surface area contributed by atoms with E-state index in [0.29, 0.717) is 11.5 Å². The molecule has 5 heteroatoms. The van der Waals surface area contributed by atoms with Crippen LogP contribution in [-0.2, 0) is 11.3 Å². The van der Waals surface area contributed by atoms with E-state index in [1.165, 1.54) is 12.8 Å². The van der Waals surface area contributed by atoms with Crippen molar-refractivity contribution in [2.24, 2.45) is 5.73 Å². The van der Waals surface area contributed by atoms with Crippen molar-refractivity contribution in [1.82, 2.24) is 9.47 Å². The quantitative estimate of drug-likeness (QED) is 0.843. The van der Waals surface area contributed by atoms with Crippen molar-refractivity contribution in [2.75, 3.05) is 13.1 Å². The van der Waals surface area contributed by atoms with E-state index in [9.17, 15) is 4.79 Å². The number of thiocarbonyl (C=S) groups is 1. The second-order valence-corrected chi connectivity index (χ2v) is 5.12. The summed E-state index contributed by atoms with van der Waals surface area (Å²) in [4.78, 5) is 14.5. The van der Waals surface area contributed by atoms with Crippen LogP contribution in [0.3, 0.4) is 0 Å². The summed E-state index contributed by atoms with van der Waals surface area (Å²) in [5, 5.41) is 0. The zero-order valence-electron chi connectivity index (χ0n) is 10.5. The molecule has 0 radical (unpaired) electrons. The van der Waals surface area contributed by atoms with Crippen LogP contribution < -0.4 is 5.73 Å². The maximum absolute atomic E-state index is 12.2. The van der Waals surface area contributed by atoms with Crippen molar-refractivity contribution in [3.05, 3.63) is 24.0 Å². The molecule has 2 rings (SSSR count). The van der Waals surface area contributed by atoms with Gasteiger partial charge in [0.05, 0.1) is 5.69 Å². The molecule has 98 valence electrons. The summed E-state index contributed by atoms with van der Waals surface area (Å²) in [7, 11) is 0. The van der Waals surface area contributed by atoms with Crippen LogP contribution in [0.4, 0.5) is 0 Å². The van der Waals surface area contributed by atoms with E-state index in [1.807, 2.05) is 27.8 Å². The van der Waals surface area contributed by atoms with Crippen LogP contribution in [0.2, 0.25) is 0 Å². The molecule has 1 amide bonds. The molecule has 2 N–H and O–H groups in total. The molecule has 0 aromatic carbocycles. The normalized spacial score (nSPS) is 16.3. The minimum Gasteiger partial charge on any atom is -0.388 e. The number of nitrogens with zero attached hydrogens (tertiary/aromatic N) is 2. The van der Waals surface area contributed by atoms with Crippen molar-refractivity contribution in [3.8, 4) is 0 Å². The molecular weight excluding hydrogens is 246 g/mol. The van der Waals surface area contributed by atoms with Gasteiger partial charge in [-0.3, -0.25) is 4.79 Å². The lowest BCUT2D eigenvalue weighted by Crippen LogP contribution is -2.35. The maximum Gasteiger partial charge on any atom is 0.242 e. The number of amides is 1. The number of hydrogen-bond donors (Lipinski definition) is 1. The Morgan fingerprint density at radius 2 is 1.94 bits per heavy atom. The first-order valence-corrected chi connectivity index (χ1v) is 6.82. The Bertz CT molecular complexity index is 433. The van der Waals surface area contributed by atoms with E-state index >= 15 is 0 Å². The highest BCUT2D eigenvalue weighted by Crippen LogP contribution is 2.11. The highest BCUT2D eigenvalue weighted by Gasteiger charge is 2.16. The standard InChI is InChI=1S/C13H19N3OS/c14-13(18)11-6-5-9-16(11)10-12(17)15-7-3-1-2-4-8-15/h5-6,9H,1-4,7-8,10H2,(H2,14,18). The molecular formula is C13H19N3OS. The van der Waals surface area contributed by atoms with E-state index < -0.39 is 0 Å². The Kier molecular flexibility index (Phi) is 4.36. The van der Waals surface area contributed by atoms with Crippen LogP contribution >= 0.6 is 12.2 Å². The predicted molar refractivity (Wildman–Crippen MR) is 75.4 cm³/mol. The van der Waals surface area contributed by atoms with Gasteiger partial charge in [0, 0.05) is 19.3 Å². The monoisotopic (exact) mass is 265 g/mol. The Morgan fingerprint density at radius 3 is 2.56 bits per heavy atom. The van der Waals surface area contributed by atoms with Gasteiger partial charge in [-0.15, -0.1) is 0 Å². The third kappa shape index (κ3) is 3.10. The number of carbonyl (C=O) groups excluding carboxylic acids is 1. The van der Waals surface area contributed by atoms with Crippen LogP contribution in [0.5, 0.6) is 0 Å². The first-order valence-electron chi connectivity index (χ1n) is 6.41. The zero-order chi connectivity index (χ0) is 13.0. The summed E-state index contributed by atoms with van der Waals surface area (Å²) in [6.45, 7) is 2.09. The summed E-state index contributed by atoms with van der Waals surface area (Å²) in [6.07, 6.45) is 6.53. The molecule has 1 fully saturated rings. The lowest BCUT2D eigenvalue weighted by molar-refractivity contribution is -0.131. The first kappa shape index (κ1) is 13.1. The Labute approximate surface area is 113 Å². The number of nitrogens with two attached hydrogens (primary N) is 1. The Balaban J connectivity index is 2.01. The van der Waals surface area contributed by atoms with Crippen molar-refractivity contribution in [3.63, 3.8) is 0 Å². The van der Waals surface area contributed by atoms with Crippen LogP contribution in [0, 0.1) is 0 Å². The summed E-state index contributed by atoms with van der Waals surface area (Å²) in [5.74, 6) is 0.158. The average molecular weight is 265 g/mol. The molecule has 18 heavy (non-hydrogen) atoms. The van der Waals surface area contributed by atoms with Gasteiger partial charge in [0.25, 0.3) is 0 Å². The third-order valence-electron chi connectivity index (χ3n) is 3.35.